The quantitative estimate of drug-likeness (QED) is 0.897. The third-order valence-electron chi connectivity index (χ3n) is 3.01. The number of carbonyl (C=O) groups is 1. The normalized spacial score (nSPS) is 10.5. The van der Waals surface area contributed by atoms with E-state index < -0.39 is 0 Å². The Morgan fingerprint density at radius 2 is 2.11 bits per heavy atom. The molecule has 4 nitrogen and oxygen atoms in total. The lowest BCUT2D eigenvalue weighted by molar-refractivity contribution is -0.117. The summed E-state index contributed by atoms with van der Waals surface area (Å²) in [4.78, 5) is 18.8. The number of rotatable bonds is 5. The summed E-state index contributed by atoms with van der Waals surface area (Å²) in [6.45, 7) is 3.57. The summed E-state index contributed by atoms with van der Waals surface area (Å²) >= 11 is 0. The second-order valence-electron chi connectivity index (χ2n) is 4.56. The number of aromatic nitrogens is 2. The van der Waals surface area contributed by atoms with Crippen LogP contribution in [-0.2, 0) is 11.2 Å². The number of ketones is 1. The molecular weight excluding hydrogens is 240 g/mol. The molecule has 0 saturated heterocycles. The van der Waals surface area contributed by atoms with Crippen LogP contribution < -0.4 is 4.74 Å². The van der Waals surface area contributed by atoms with Crippen molar-refractivity contribution < 1.29 is 9.53 Å². The van der Waals surface area contributed by atoms with Gasteiger partial charge in [0.25, 0.3) is 0 Å². The lowest BCUT2D eigenvalue weighted by Gasteiger charge is -2.06. The Morgan fingerprint density at radius 3 is 2.79 bits per heavy atom. The number of imidazole rings is 1. The van der Waals surface area contributed by atoms with Gasteiger partial charge in [-0.15, -0.1) is 0 Å². The minimum Gasteiger partial charge on any atom is -0.496 e. The van der Waals surface area contributed by atoms with Crippen LogP contribution in [0.4, 0.5) is 0 Å². The zero-order valence-corrected chi connectivity index (χ0v) is 11.5. The van der Waals surface area contributed by atoms with Crippen LogP contribution in [0.15, 0.2) is 24.3 Å². The van der Waals surface area contributed by atoms with Gasteiger partial charge in [0.1, 0.15) is 17.4 Å². The van der Waals surface area contributed by atoms with Crippen LogP contribution in [-0.4, -0.2) is 22.9 Å². The van der Waals surface area contributed by atoms with E-state index in [2.05, 4.69) is 9.97 Å². The third-order valence-corrected chi connectivity index (χ3v) is 3.01. The molecule has 2 rings (SSSR count). The number of H-pyrrole nitrogens is 1. The van der Waals surface area contributed by atoms with Crippen molar-refractivity contribution in [2.45, 2.75) is 26.7 Å². The van der Waals surface area contributed by atoms with E-state index >= 15 is 0 Å². The van der Waals surface area contributed by atoms with Gasteiger partial charge in [-0.05, 0) is 26.0 Å². The third kappa shape index (κ3) is 3.02. The topological polar surface area (TPSA) is 55.0 Å². The first kappa shape index (κ1) is 13.3. The summed E-state index contributed by atoms with van der Waals surface area (Å²) in [7, 11) is 1.65. The highest BCUT2D eigenvalue weighted by Gasteiger charge is 2.13. The van der Waals surface area contributed by atoms with Gasteiger partial charge in [-0.25, -0.2) is 4.98 Å². The van der Waals surface area contributed by atoms with Gasteiger partial charge in [0.2, 0.25) is 0 Å². The summed E-state index contributed by atoms with van der Waals surface area (Å²) in [5, 5.41) is 0. The molecule has 1 heterocycles. The number of benzene rings is 1. The maximum absolute atomic E-state index is 11.0. The molecule has 0 saturated carbocycles. The number of hydrogen-bond donors (Lipinski definition) is 1. The predicted molar refractivity (Wildman–Crippen MR) is 74.3 cm³/mol. The molecule has 1 aromatic carbocycles. The van der Waals surface area contributed by atoms with E-state index in [0.717, 1.165) is 28.5 Å². The molecule has 0 radical (unpaired) electrons. The molecule has 0 spiro atoms. The second kappa shape index (κ2) is 5.69. The highest BCUT2D eigenvalue weighted by Crippen LogP contribution is 2.30. The van der Waals surface area contributed by atoms with E-state index in [0.29, 0.717) is 12.8 Å². The van der Waals surface area contributed by atoms with Crippen molar-refractivity contribution in [3.63, 3.8) is 0 Å². The minimum absolute atomic E-state index is 0.174. The number of hydrogen-bond acceptors (Lipinski definition) is 3. The van der Waals surface area contributed by atoms with Gasteiger partial charge >= 0.3 is 0 Å². The SMILES string of the molecule is COc1ccccc1-c1nc(CCC(C)=O)[nH]c1C. The summed E-state index contributed by atoms with van der Waals surface area (Å²) in [5.74, 6) is 1.82. The second-order valence-corrected chi connectivity index (χ2v) is 4.56. The predicted octanol–water partition coefficient (Wildman–Crippen LogP) is 2.92. The molecule has 1 aromatic heterocycles. The number of para-hydroxylation sites is 1. The Morgan fingerprint density at radius 1 is 1.37 bits per heavy atom. The van der Waals surface area contributed by atoms with Crippen molar-refractivity contribution in [2.75, 3.05) is 7.11 Å². The van der Waals surface area contributed by atoms with Gasteiger partial charge < -0.3 is 14.5 Å². The lowest BCUT2D eigenvalue weighted by atomic mass is 10.1. The fraction of sp³-hybridized carbons (Fsp3) is 0.333. The van der Waals surface area contributed by atoms with E-state index in [-0.39, 0.29) is 5.78 Å². The molecule has 0 aliphatic heterocycles. The average Bonchev–Trinajstić information content (AvgIpc) is 2.77. The minimum atomic E-state index is 0.174. The van der Waals surface area contributed by atoms with Crippen LogP contribution in [0, 0.1) is 6.92 Å². The van der Waals surface area contributed by atoms with E-state index in [4.69, 9.17) is 4.74 Å². The molecule has 0 aliphatic carbocycles. The first-order valence-corrected chi connectivity index (χ1v) is 6.30. The smallest absolute Gasteiger partial charge is 0.130 e. The molecule has 0 unspecified atom stereocenters. The standard InChI is InChI=1S/C15H18N2O2/c1-10(18)8-9-14-16-11(2)15(17-14)12-6-4-5-7-13(12)19-3/h4-7H,8-9H2,1-3H3,(H,16,17). The maximum atomic E-state index is 11.0. The number of nitrogens with zero attached hydrogens (tertiary/aromatic N) is 1. The molecule has 19 heavy (non-hydrogen) atoms. The molecule has 0 aliphatic rings. The fourth-order valence-electron chi connectivity index (χ4n) is 2.04. The van der Waals surface area contributed by atoms with Gasteiger partial charge in [-0.2, -0.15) is 0 Å². The Bertz CT molecular complexity index is 588. The number of aryl methyl sites for hydroxylation is 2. The molecule has 2 aromatic rings. The number of nitrogens with one attached hydrogen (secondary N) is 1. The average molecular weight is 258 g/mol. The van der Waals surface area contributed by atoms with Crippen molar-refractivity contribution in [1.82, 2.24) is 9.97 Å². The molecule has 0 fully saturated rings. The molecular formula is C15H18N2O2. The zero-order valence-electron chi connectivity index (χ0n) is 11.5. The van der Waals surface area contributed by atoms with Crippen LogP contribution >= 0.6 is 0 Å². The number of Topliss-reactive ketones (excluding diaryl/α,β-unsaturated/α-hetero) is 1. The van der Waals surface area contributed by atoms with Crippen molar-refractivity contribution in [3.05, 3.63) is 35.8 Å². The maximum Gasteiger partial charge on any atom is 0.130 e. The number of carbonyl (C=O) groups excluding carboxylic acids is 1. The molecule has 100 valence electrons. The monoisotopic (exact) mass is 258 g/mol. The van der Waals surface area contributed by atoms with Gasteiger partial charge in [0.05, 0.1) is 12.8 Å². The number of ether oxygens (including phenoxy) is 1. The van der Waals surface area contributed by atoms with E-state index in [1.165, 1.54) is 0 Å². The van der Waals surface area contributed by atoms with Gasteiger partial charge in [0.15, 0.2) is 0 Å². The zero-order chi connectivity index (χ0) is 13.8. The summed E-state index contributed by atoms with van der Waals surface area (Å²) in [6.07, 6.45) is 1.16. The van der Waals surface area contributed by atoms with E-state index in [1.807, 2.05) is 31.2 Å². The Labute approximate surface area is 112 Å². The van der Waals surface area contributed by atoms with Crippen LogP contribution in [0.25, 0.3) is 11.3 Å². The van der Waals surface area contributed by atoms with Gasteiger partial charge in [-0.3, -0.25) is 0 Å². The molecule has 0 bridgehead atoms. The summed E-state index contributed by atoms with van der Waals surface area (Å²) in [5.41, 5.74) is 2.84. The summed E-state index contributed by atoms with van der Waals surface area (Å²) in [6, 6.07) is 7.79. The fourth-order valence-corrected chi connectivity index (χ4v) is 2.04. The lowest BCUT2D eigenvalue weighted by Crippen LogP contribution is -1.95. The Kier molecular flexibility index (Phi) is 4.00. The van der Waals surface area contributed by atoms with Crippen LogP contribution in [0.5, 0.6) is 5.75 Å². The highest BCUT2D eigenvalue weighted by atomic mass is 16.5. The van der Waals surface area contributed by atoms with Crippen LogP contribution in [0.2, 0.25) is 0 Å². The van der Waals surface area contributed by atoms with Gasteiger partial charge in [-0.1, -0.05) is 12.1 Å². The van der Waals surface area contributed by atoms with Crippen molar-refractivity contribution >= 4 is 5.78 Å². The molecule has 1 N–H and O–H groups in total. The van der Waals surface area contributed by atoms with E-state index in [1.54, 1.807) is 14.0 Å². The van der Waals surface area contributed by atoms with E-state index in [9.17, 15) is 4.79 Å². The molecule has 0 atom stereocenters. The van der Waals surface area contributed by atoms with Crippen molar-refractivity contribution in [1.29, 1.82) is 0 Å². The van der Waals surface area contributed by atoms with Gasteiger partial charge in [0, 0.05) is 24.1 Å². The molecule has 4 heteroatoms. The summed E-state index contributed by atoms with van der Waals surface area (Å²) < 4.78 is 5.35. The first-order valence-electron chi connectivity index (χ1n) is 6.30. The van der Waals surface area contributed by atoms with Crippen LogP contribution in [0.1, 0.15) is 24.9 Å². The number of methoxy groups -OCH3 is 1. The Balaban J connectivity index is 2.32. The van der Waals surface area contributed by atoms with Crippen LogP contribution in [0.3, 0.4) is 0 Å². The Hall–Kier alpha value is -2.10. The molecule has 0 amide bonds. The first-order chi connectivity index (χ1) is 9.11. The number of aromatic amines is 1. The van der Waals surface area contributed by atoms with Crippen molar-refractivity contribution in [3.8, 4) is 17.0 Å². The largest absolute Gasteiger partial charge is 0.496 e. The highest BCUT2D eigenvalue weighted by molar-refractivity contribution is 5.75. The van der Waals surface area contributed by atoms with Crippen molar-refractivity contribution in [2.24, 2.45) is 0 Å².